The van der Waals surface area contributed by atoms with Crippen molar-refractivity contribution in [3.05, 3.63) is 22.0 Å². The molecule has 0 aromatic carbocycles. The highest BCUT2D eigenvalue weighted by molar-refractivity contribution is 7.22. The summed E-state index contributed by atoms with van der Waals surface area (Å²) >= 11 is 6.14. The van der Waals surface area contributed by atoms with Crippen LogP contribution in [0.25, 0.3) is 10.3 Å². The van der Waals surface area contributed by atoms with Crippen LogP contribution in [0.3, 0.4) is 0 Å². The van der Waals surface area contributed by atoms with Crippen LogP contribution >= 0.6 is 22.9 Å². The van der Waals surface area contributed by atoms with E-state index in [1.165, 1.54) is 0 Å². The van der Waals surface area contributed by atoms with E-state index in [0.717, 1.165) is 17.4 Å². The number of fused-ring (bicyclic) bond motifs is 1. The lowest BCUT2D eigenvalue weighted by molar-refractivity contribution is 0.0968. The number of pyridine rings is 1. The Balaban J connectivity index is 2.68. The van der Waals surface area contributed by atoms with Gasteiger partial charge in [-0.3, -0.25) is 4.79 Å². The zero-order chi connectivity index (χ0) is 14.2. The van der Waals surface area contributed by atoms with E-state index in [9.17, 15) is 13.6 Å². The molecule has 104 valence electrons. The molecule has 0 saturated carbocycles. The van der Waals surface area contributed by atoms with Gasteiger partial charge in [-0.1, -0.05) is 11.3 Å². The third-order valence-electron chi connectivity index (χ3n) is 2.72. The number of alkyl halides is 3. The van der Waals surface area contributed by atoms with Crippen LogP contribution in [0.2, 0.25) is 0 Å². The van der Waals surface area contributed by atoms with Crippen molar-refractivity contribution in [3.63, 3.8) is 0 Å². The molecule has 0 unspecified atom stereocenters. The van der Waals surface area contributed by atoms with Gasteiger partial charge in [0.25, 0.3) is 0 Å². The summed E-state index contributed by atoms with van der Waals surface area (Å²) in [6.45, 7) is 5.28. The molecule has 4 nitrogen and oxygen atoms in total. The first-order valence-electron chi connectivity index (χ1n) is 5.72. The monoisotopic (exact) mass is 307 g/mol. The highest BCUT2D eigenvalue weighted by Crippen LogP contribution is 2.39. The first kappa shape index (κ1) is 14.2. The van der Waals surface area contributed by atoms with Crippen LogP contribution in [0, 0.1) is 0 Å². The molecule has 0 spiro atoms. The van der Waals surface area contributed by atoms with E-state index in [2.05, 4.69) is 9.97 Å². The Morgan fingerprint density at radius 3 is 2.63 bits per heavy atom. The van der Waals surface area contributed by atoms with Gasteiger partial charge in [0.15, 0.2) is 10.8 Å². The number of rotatable bonds is 4. The Morgan fingerprint density at radius 1 is 1.47 bits per heavy atom. The van der Waals surface area contributed by atoms with Crippen LogP contribution in [0.15, 0.2) is 10.9 Å². The smallest absolute Gasteiger partial charge is 0.349 e. The van der Waals surface area contributed by atoms with E-state index in [1.807, 2.05) is 18.7 Å². The molecule has 1 N–H and O–H groups in total. The lowest BCUT2D eigenvalue weighted by Crippen LogP contribution is -2.21. The van der Waals surface area contributed by atoms with Gasteiger partial charge in [0.05, 0.1) is 10.3 Å². The van der Waals surface area contributed by atoms with Gasteiger partial charge in [0.1, 0.15) is 0 Å². The second kappa shape index (κ2) is 5.05. The average molecular weight is 308 g/mol. The first-order valence-corrected chi connectivity index (χ1v) is 6.92. The number of thiazole rings is 1. The predicted molar refractivity (Wildman–Crippen MR) is 73.5 cm³/mol. The summed E-state index contributed by atoms with van der Waals surface area (Å²) in [6, 6.07) is 0.819. The molecule has 8 heteroatoms. The summed E-state index contributed by atoms with van der Waals surface area (Å²) < 4.78 is 26.8. The van der Waals surface area contributed by atoms with Crippen LogP contribution in [-0.4, -0.2) is 23.1 Å². The van der Waals surface area contributed by atoms with Crippen molar-refractivity contribution in [2.45, 2.75) is 19.2 Å². The zero-order valence-electron chi connectivity index (χ0n) is 10.3. The molecule has 0 fully saturated rings. The maximum Gasteiger partial charge on any atom is 0.349 e. The lowest BCUT2D eigenvalue weighted by atomic mass is 10.2. The van der Waals surface area contributed by atoms with Gasteiger partial charge in [0.2, 0.25) is 5.56 Å². The fraction of sp³-hybridized carbons (Fsp3) is 0.455. The molecule has 2 aromatic heterocycles. The van der Waals surface area contributed by atoms with Crippen molar-refractivity contribution < 1.29 is 8.78 Å². The average Bonchev–Trinajstić information content (AvgIpc) is 2.71. The summed E-state index contributed by atoms with van der Waals surface area (Å²) in [7, 11) is 0. The fourth-order valence-corrected chi connectivity index (χ4v) is 3.17. The molecule has 2 rings (SSSR count). The van der Waals surface area contributed by atoms with Crippen molar-refractivity contribution in [1.29, 1.82) is 0 Å². The molecule has 0 radical (unpaired) electrons. The summed E-state index contributed by atoms with van der Waals surface area (Å²) in [6.07, 6.45) is 0. The van der Waals surface area contributed by atoms with Gasteiger partial charge in [-0.15, -0.1) is 0 Å². The van der Waals surface area contributed by atoms with Crippen molar-refractivity contribution in [2.24, 2.45) is 0 Å². The number of nitrogens with one attached hydrogen (secondary N) is 1. The van der Waals surface area contributed by atoms with Gasteiger partial charge in [-0.25, -0.2) is 4.98 Å². The summed E-state index contributed by atoms with van der Waals surface area (Å²) in [4.78, 5) is 19.9. The Labute approximate surface area is 117 Å². The number of halogens is 3. The molecule has 0 atom stereocenters. The quantitative estimate of drug-likeness (QED) is 0.883. The van der Waals surface area contributed by atoms with E-state index >= 15 is 0 Å². The largest absolute Gasteiger partial charge is 0.349 e. The molecule has 2 aromatic rings. The molecule has 0 saturated heterocycles. The Hall–Kier alpha value is -1.21. The van der Waals surface area contributed by atoms with Crippen molar-refractivity contribution in [1.82, 2.24) is 9.97 Å². The Morgan fingerprint density at radius 2 is 2.11 bits per heavy atom. The van der Waals surface area contributed by atoms with E-state index < -0.39 is 16.5 Å². The maximum absolute atomic E-state index is 13.3. The standard InChI is InChI=1S/C11H12ClF2N3OS/c1-3-17(4-2)10-16-9-8(19-10)6(11(12,13)14)5-7(18)15-9/h5H,3-4H2,1-2H3,(H,15,18). The number of H-pyrrole nitrogens is 1. The third-order valence-corrected chi connectivity index (χ3v) is 4.07. The number of hydrogen-bond donors (Lipinski definition) is 1. The van der Waals surface area contributed by atoms with Gasteiger partial charge in [-0.2, -0.15) is 8.78 Å². The van der Waals surface area contributed by atoms with Crippen LogP contribution in [0.5, 0.6) is 0 Å². The van der Waals surface area contributed by atoms with E-state index in [1.54, 1.807) is 0 Å². The summed E-state index contributed by atoms with van der Waals surface area (Å²) in [5, 5.41) is -3.00. The van der Waals surface area contributed by atoms with Crippen LogP contribution in [0.4, 0.5) is 13.9 Å². The van der Waals surface area contributed by atoms with Crippen LogP contribution < -0.4 is 10.5 Å². The summed E-state index contributed by atoms with van der Waals surface area (Å²) in [5.74, 6) is 0. The second-order valence-electron chi connectivity index (χ2n) is 3.89. The van der Waals surface area contributed by atoms with E-state index in [0.29, 0.717) is 18.2 Å². The number of hydrogen-bond acceptors (Lipinski definition) is 4. The minimum Gasteiger partial charge on any atom is -0.349 e. The normalized spacial score (nSPS) is 12.1. The molecule has 0 aliphatic rings. The lowest BCUT2D eigenvalue weighted by Gasteiger charge is -2.16. The topological polar surface area (TPSA) is 49.0 Å². The molecular weight excluding hydrogens is 296 g/mol. The highest BCUT2D eigenvalue weighted by Gasteiger charge is 2.32. The molecule has 0 aliphatic carbocycles. The molecule has 19 heavy (non-hydrogen) atoms. The number of anilines is 1. The molecule has 0 amide bonds. The maximum atomic E-state index is 13.3. The van der Waals surface area contributed by atoms with Crippen molar-refractivity contribution in [3.8, 4) is 0 Å². The fourth-order valence-electron chi connectivity index (χ4n) is 1.77. The zero-order valence-corrected chi connectivity index (χ0v) is 11.9. The van der Waals surface area contributed by atoms with Gasteiger partial charge in [0, 0.05) is 19.2 Å². The predicted octanol–water partition coefficient (Wildman–Crippen LogP) is 3.12. The first-order chi connectivity index (χ1) is 8.86. The number of aromatic nitrogens is 2. The summed E-state index contributed by atoms with van der Waals surface area (Å²) in [5.41, 5.74) is -0.988. The van der Waals surface area contributed by atoms with E-state index in [-0.39, 0.29) is 10.3 Å². The minimum absolute atomic E-state index is 0.148. The SMILES string of the molecule is CCN(CC)c1nc2[nH]c(=O)cc(C(F)(F)Cl)c2s1. The Kier molecular flexibility index (Phi) is 3.78. The third kappa shape index (κ3) is 2.71. The number of nitrogens with zero attached hydrogens (tertiary/aromatic N) is 2. The van der Waals surface area contributed by atoms with Crippen LogP contribution in [0.1, 0.15) is 19.4 Å². The second-order valence-corrected chi connectivity index (χ2v) is 5.34. The molecule has 0 aliphatic heterocycles. The van der Waals surface area contributed by atoms with Gasteiger partial charge < -0.3 is 9.88 Å². The molecule has 0 bridgehead atoms. The minimum atomic E-state index is -3.58. The number of aromatic amines is 1. The van der Waals surface area contributed by atoms with Crippen molar-refractivity contribution in [2.75, 3.05) is 18.0 Å². The van der Waals surface area contributed by atoms with Crippen molar-refractivity contribution >= 4 is 38.4 Å². The van der Waals surface area contributed by atoms with Crippen LogP contribution in [-0.2, 0) is 5.38 Å². The van der Waals surface area contributed by atoms with Gasteiger partial charge >= 0.3 is 5.38 Å². The van der Waals surface area contributed by atoms with Gasteiger partial charge in [-0.05, 0) is 25.4 Å². The van der Waals surface area contributed by atoms with E-state index in [4.69, 9.17) is 11.6 Å². The molecular formula is C11H12ClF2N3OS. The Bertz CT molecular complexity index is 645. The molecule has 2 heterocycles. The highest BCUT2D eigenvalue weighted by atomic mass is 35.5.